The summed E-state index contributed by atoms with van der Waals surface area (Å²) in [5, 5.41) is 11.6. The van der Waals surface area contributed by atoms with Crippen LogP contribution in [0.5, 0.6) is 5.75 Å². The molecule has 0 unspecified atom stereocenters. The molecule has 5 aromatic rings. The Morgan fingerprint density at radius 3 is 2.35 bits per heavy atom. The number of benzene rings is 3. The number of non-ortho nitro benzene ring substituents is 1. The van der Waals surface area contributed by atoms with E-state index >= 15 is 0 Å². The molecule has 1 saturated heterocycles. The van der Waals surface area contributed by atoms with Crippen molar-refractivity contribution < 1.29 is 18.1 Å². The Bertz CT molecular complexity index is 1880. The summed E-state index contributed by atoms with van der Waals surface area (Å²) in [7, 11) is -3.58. The third kappa shape index (κ3) is 5.87. The zero-order chi connectivity index (χ0) is 30.0. The molecule has 0 atom stereocenters. The number of imidazole rings is 1. The Balaban J connectivity index is 1.35. The lowest BCUT2D eigenvalue weighted by molar-refractivity contribution is -0.384. The first-order valence-corrected chi connectivity index (χ1v) is 15.5. The maximum atomic E-state index is 13.2. The number of rotatable bonds is 9. The van der Waals surface area contributed by atoms with Gasteiger partial charge >= 0.3 is 0 Å². The van der Waals surface area contributed by atoms with Gasteiger partial charge in [-0.2, -0.15) is 4.31 Å². The van der Waals surface area contributed by atoms with Crippen molar-refractivity contribution in [2.75, 3.05) is 32.8 Å². The molecule has 0 spiro atoms. The van der Waals surface area contributed by atoms with Crippen LogP contribution >= 0.6 is 0 Å². The summed E-state index contributed by atoms with van der Waals surface area (Å²) in [6, 6.07) is 26.8. The van der Waals surface area contributed by atoms with Crippen LogP contribution in [0.2, 0.25) is 0 Å². The van der Waals surface area contributed by atoms with Gasteiger partial charge in [0.15, 0.2) is 0 Å². The van der Waals surface area contributed by atoms with Crippen LogP contribution < -0.4 is 4.74 Å². The lowest BCUT2D eigenvalue weighted by Crippen LogP contribution is -2.48. The molecule has 0 bridgehead atoms. The van der Waals surface area contributed by atoms with Crippen LogP contribution in [0.4, 0.5) is 5.69 Å². The van der Waals surface area contributed by atoms with E-state index in [1.807, 2.05) is 60.0 Å². The third-order valence-corrected chi connectivity index (χ3v) is 9.52. The van der Waals surface area contributed by atoms with Crippen molar-refractivity contribution in [3.05, 3.63) is 113 Å². The Morgan fingerprint density at radius 2 is 1.60 bits per heavy atom. The van der Waals surface area contributed by atoms with Gasteiger partial charge in [0.25, 0.3) is 5.69 Å². The number of pyridine rings is 1. The Hall–Kier alpha value is -4.58. The zero-order valence-electron chi connectivity index (χ0n) is 23.7. The van der Waals surface area contributed by atoms with Crippen LogP contribution in [0.25, 0.3) is 28.0 Å². The number of ether oxygens (including phenoxy) is 1. The van der Waals surface area contributed by atoms with Gasteiger partial charge in [0, 0.05) is 56.6 Å². The van der Waals surface area contributed by atoms with Crippen LogP contribution in [0.1, 0.15) is 12.6 Å². The number of piperazine rings is 1. The van der Waals surface area contributed by atoms with Crippen molar-refractivity contribution in [1.29, 1.82) is 0 Å². The van der Waals surface area contributed by atoms with E-state index in [-0.39, 0.29) is 5.69 Å². The first-order chi connectivity index (χ1) is 20.8. The predicted molar refractivity (Wildman–Crippen MR) is 164 cm³/mol. The number of fused-ring (bicyclic) bond motifs is 1. The maximum absolute atomic E-state index is 13.2. The van der Waals surface area contributed by atoms with Gasteiger partial charge < -0.3 is 9.14 Å². The summed E-state index contributed by atoms with van der Waals surface area (Å²) in [6.45, 7) is 4.78. The van der Waals surface area contributed by atoms with Crippen LogP contribution in [0.3, 0.4) is 0 Å². The molecule has 1 fully saturated rings. The van der Waals surface area contributed by atoms with E-state index in [0.29, 0.717) is 61.1 Å². The molecule has 43 heavy (non-hydrogen) atoms. The molecule has 0 saturated carbocycles. The summed E-state index contributed by atoms with van der Waals surface area (Å²) in [5.74, 6) is 0.784. The van der Waals surface area contributed by atoms with Crippen LogP contribution in [-0.4, -0.2) is 64.7 Å². The molecule has 0 radical (unpaired) electrons. The largest absolute Gasteiger partial charge is 0.494 e. The number of hydrogen-bond acceptors (Lipinski definition) is 7. The summed E-state index contributed by atoms with van der Waals surface area (Å²) >= 11 is 0. The molecular weight excluding hydrogens is 566 g/mol. The van der Waals surface area contributed by atoms with Crippen LogP contribution in [0, 0.1) is 10.1 Å². The lowest BCUT2D eigenvalue weighted by atomic mass is 10.1. The van der Waals surface area contributed by atoms with Crippen LogP contribution in [0.15, 0.2) is 102 Å². The van der Waals surface area contributed by atoms with Crippen molar-refractivity contribution in [1.82, 2.24) is 18.6 Å². The molecule has 1 aliphatic heterocycles. The van der Waals surface area contributed by atoms with E-state index in [0.717, 1.165) is 22.6 Å². The number of aromatic nitrogens is 2. The zero-order valence-corrected chi connectivity index (χ0v) is 24.5. The summed E-state index contributed by atoms with van der Waals surface area (Å²) in [6.07, 6.45) is 2.03. The minimum atomic E-state index is -3.58. The average Bonchev–Trinajstić information content (AvgIpc) is 3.39. The molecule has 3 heterocycles. The molecular formula is C32H31N5O5S. The first-order valence-electron chi connectivity index (χ1n) is 14.1. The average molecular weight is 598 g/mol. The quantitative estimate of drug-likeness (QED) is 0.163. The maximum Gasteiger partial charge on any atom is 0.270 e. The summed E-state index contributed by atoms with van der Waals surface area (Å²) < 4.78 is 35.6. The smallest absolute Gasteiger partial charge is 0.270 e. The van der Waals surface area contributed by atoms with E-state index in [2.05, 4.69) is 4.90 Å². The van der Waals surface area contributed by atoms with Gasteiger partial charge in [0.1, 0.15) is 11.4 Å². The molecule has 11 heteroatoms. The second-order valence-electron chi connectivity index (χ2n) is 10.3. The second-order valence-corrected chi connectivity index (χ2v) is 12.3. The molecule has 10 nitrogen and oxygen atoms in total. The highest BCUT2D eigenvalue weighted by Gasteiger charge is 2.29. The molecule has 0 aliphatic carbocycles. The van der Waals surface area contributed by atoms with Gasteiger partial charge in [-0.05, 0) is 54.4 Å². The van der Waals surface area contributed by atoms with Gasteiger partial charge in [0.2, 0.25) is 10.0 Å². The van der Waals surface area contributed by atoms with E-state index < -0.39 is 14.9 Å². The third-order valence-electron chi connectivity index (χ3n) is 7.61. The van der Waals surface area contributed by atoms with Crippen molar-refractivity contribution in [2.24, 2.45) is 0 Å². The van der Waals surface area contributed by atoms with E-state index in [9.17, 15) is 18.5 Å². The van der Waals surface area contributed by atoms with Gasteiger partial charge in [-0.1, -0.05) is 42.5 Å². The summed E-state index contributed by atoms with van der Waals surface area (Å²) in [4.78, 5) is 18.5. The number of nitro benzene ring substituents is 1. The monoisotopic (exact) mass is 597 g/mol. The fourth-order valence-electron chi connectivity index (χ4n) is 5.43. The lowest BCUT2D eigenvalue weighted by Gasteiger charge is -2.34. The van der Waals surface area contributed by atoms with Crippen LogP contribution in [-0.2, 0) is 16.6 Å². The van der Waals surface area contributed by atoms with Gasteiger partial charge in [-0.15, -0.1) is 0 Å². The number of sulfonamides is 1. The normalized spacial score (nSPS) is 14.6. The second kappa shape index (κ2) is 12.0. The number of hydrogen-bond donors (Lipinski definition) is 0. The highest BCUT2D eigenvalue weighted by Crippen LogP contribution is 2.31. The Kier molecular flexibility index (Phi) is 7.94. The minimum Gasteiger partial charge on any atom is -0.494 e. The molecule has 1 aliphatic rings. The van der Waals surface area contributed by atoms with E-state index in [1.165, 1.54) is 10.4 Å². The highest BCUT2D eigenvalue weighted by molar-refractivity contribution is 7.89. The van der Waals surface area contributed by atoms with E-state index in [1.54, 1.807) is 42.5 Å². The topological polar surface area (TPSA) is 110 Å². The summed E-state index contributed by atoms with van der Waals surface area (Å²) in [5.41, 5.74) is 4.85. The molecule has 0 N–H and O–H groups in total. The first kappa shape index (κ1) is 28.5. The molecule has 220 valence electrons. The minimum absolute atomic E-state index is 0.00586. The van der Waals surface area contributed by atoms with Crippen molar-refractivity contribution >= 4 is 21.4 Å². The number of nitro groups is 1. The molecule has 0 amide bonds. The predicted octanol–water partition coefficient (Wildman–Crippen LogP) is 5.48. The van der Waals surface area contributed by atoms with Gasteiger partial charge in [-0.3, -0.25) is 15.0 Å². The SMILES string of the molecule is CCOc1cccc(-c2ccc3nc(-c4cccc([N+](=O)[O-])c4)c(CN4CCN(S(=O)(=O)c5ccccc5)CC4)n3c2)c1. The van der Waals surface area contributed by atoms with E-state index in [4.69, 9.17) is 9.72 Å². The van der Waals surface area contributed by atoms with Gasteiger partial charge in [-0.25, -0.2) is 13.4 Å². The molecule has 3 aromatic carbocycles. The number of nitrogens with zero attached hydrogens (tertiary/aromatic N) is 5. The Morgan fingerprint density at radius 1 is 0.860 bits per heavy atom. The fraction of sp³-hybridized carbons (Fsp3) is 0.219. The Labute approximate surface area is 250 Å². The van der Waals surface area contributed by atoms with Crippen molar-refractivity contribution in [2.45, 2.75) is 18.4 Å². The van der Waals surface area contributed by atoms with Crippen molar-refractivity contribution in [3.8, 4) is 28.1 Å². The van der Waals surface area contributed by atoms with Crippen molar-refractivity contribution in [3.63, 3.8) is 0 Å². The molecule has 2 aromatic heterocycles. The van der Waals surface area contributed by atoms with Gasteiger partial charge in [0.05, 0.1) is 27.8 Å². The fourth-order valence-corrected chi connectivity index (χ4v) is 6.87. The molecule has 6 rings (SSSR count). The standard InChI is InChI=1S/C32H31N5O5S/c1-2-42-28-11-7-8-24(21-28)26-14-15-31-33-32(25-9-6-10-27(20-25)37(38)39)30(36(31)22-26)23-34-16-18-35(19-17-34)43(40,41)29-12-4-3-5-13-29/h3-15,20-22H,2,16-19,23H2,1H3. The highest BCUT2D eigenvalue weighted by atomic mass is 32.2.